The van der Waals surface area contributed by atoms with E-state index in [1.165, 1.54) is 0 Å². The minimum Gasteiger partial charge on any atom is -0.482 e. The van der Waals surface area contributed by atoms with Crippen molar-refractivity contribution >= 4 is 5.91 Å². The summed E-state index contributed by atoms with van der Waals surface area (Å²) < 4.78 is 5.26. The van der Waals surface area contributed by atoms with Crippen LogP contribution in [0, 0.1) is 11.3 Å². The summed E-state index contributed by atoms with van der Waals surface area (Å²) in [6.07, 6.45) is 2.45. The molecular formula is C13H14N2O2. The third-order valence-corrected chi connectivity index (χ3v) is 2.04. The maximum absolute atomic E-state index is 11.3. The van der Waals surface area contributed by atoms with Gasteiger partial charge in [-0.05, 0) is 18.6 Å². The first kappa shape index (κ1) is 12.8. The van der Waals surface area contributed by atoms with Crippen molar-refractivity contribution in [3.63, 3.8) is 0 Å². The molecule has 0 aliphatic rings. The number of hydrogen-bond donors (Lipinski definition) is 1. The quantitative estimate of drug-likeness (QED) is 0.596. The summed E-state index contributed by atoms with van der Waals surface area (Å²) in [4.78, 5) is 11.3. The van der Waals surface area contributed by atoms with Crippen molar-refractivity contribution < 1.29 is 9.53 Å². The smallest absolute Gasteiger partial charge is 0.257 e. The molecule has 0 bridgehead atoms. The lowest BCUT2D eigenvalue weighted by Gasteiger charge is -2.07. The number of para-hydroxylation sites is 1. The van der Waals surface area contributed by atoms with Crippen LogP contribution in [-0.2, 0) is 4.79 Å². The fraction of sp³-hybridized carbons (Fsp3) is 0.231. The lowest BCUT2D eigenvalue weighted by molar-refractivity contribution is -0.123. The number of carbonyl (C=O) groups is 1. The van der Waals surface area contributed by atoms with Gasteiger partial charge in [0.05, 0.1) is 5.56 Å². The molecule has 0 saturated carbocycles. The zero-order chi connectivity index (χ0) is 12.5. The van der Waals surface area contributed by atoms with Crippen molar-refractivity contribution in [2.45, 2.75) is 6.42 Å². The Morgan fingerprint density at radius 2 is 2.29 bits per heavy atom. The van der Waals surface area contributed by atoms with Crippen molar-refractivity contribution in [1.82, 2.24) is 5.32 Å². The number of rotatable bonds is 6. The summed E-state index contributed by atoms with van der Waals surface area (Å²) in [5.41, 5.74) is 0.423. The average molecular weight is 230 g/mol. The molecule has 0 fully saturated rings. The van der Waals surface area contributed by atoms with Gasteiger partial charge in [-0.25, -0.2) is 0 Å². The van der Waals surface area contributed by atoms with Crippen LogP contribution in [0.4, 0.5) is 0 Å². The third kappa shape index (κ3) is 4.39. The second-order valence-corrected chi connectivity index (χ2v) is 3.32. The predicted molar refractivity (Wildman–Crippen MR) is 64.5 cm³/mol. The van der Waals surface area contributed by atoms with E-state index in [-0.39, 0.29) is 12.5 Å². The van der Waals surface area contributed by atoms with Crippen LogP contribution in [0.15, 0.2) is 36.9 Å². The molecule has 0 unspecified atom stereocenters. The fourth-order valence-corrected chi connectivity index (χ4v) is 1.19. The molecule has 0 atom stereocenters. The van der Waals surface area contributed by atoms with E-state index >= 15 is 0 Å². The highest BCUT2D eigenvalue weighted by atomic mass is 16.5. The van der Waals surface area contributed by atoms with Gasteiger partial charge in [0.15, 0.2) is 6.61 Å². The van der Waals surface area contributed by atoms with E-state index < -0.39 is 0 Å². The largest absolute Gasteiger partial charge is 0.482 e. The molecule has 0 saturated heterocycles. The first-order valence-corrected chi connectivity index (χ1v) is 5.27. The highest BCUT2D eigenvalue weighted by Crippen LogP contribution is 2.15. The summed E-state index contributed by atoms with van der Waals surface area (Å²) in [7, 11) is 0. The second-order valence-electron chi connectivity index (χ2n) is 3.32. The van der Waals surface area contributed by atoms with Crippen LogP contribution < -0.4 is 10.1 Å². The predicted octanol–water partition coefficient (Wildman–Crippen LogP) is 1.63. The average Bonchev–Trinajstić information content (AvgIpc) is 2.37. The van der Waals surface area contributed by atoms with E-state index in [0.29, 0.717) is 17.9 Å². The molecule has 1 amide bonds. The first-order chi connectivity index (χ1) is 8.27. The highest BCUT2D eigenvalue weighted by Gasteiger charge is 2.05. The molecule has 1 aromatic rings. The molecule has 0 radical (unpaired) electrons. The van der Waals surface area contributed by atoms with Gasteiger partial charge in [-0.2, -0.15) is 5.26 Å². The monoisotopic (exact) mass is 230 g/mol. The van der Waals surface area contributed by atoms with Gasteiger partial charge in [0.1, 0.15) is 11.8 Å². The number of ether oxygens (including phenoxy) is 1. The molecule has 88 valence electrons. The third-order valence-electron chi connectivity index (χ3n) is 2.04. The molecule has 1 N–H and O–H groups in total. The van der Waals surface area contributed by atoms with E-state index in [0.717, 1.165) is 6.42 Å². The Bertz CT molecular complexity index is 435. The van der Waals surface area contributed by atoms with Gasteiger partial charge in [0, 0.05) is 6.54 Å². The Hall–Kier alpha value is -2.28. The van der Waals surface area contributed by atoms with Crippen molar-refractivity contribution in [1.29, 1.82) is 5.26 Å². The van der Waals surface area contributed by atoms with E-state index in [4.69, 9.17) is 10.00 Å². The Kier molecular flexibility index (Phi) is 5.32. The van der Waals surface area contributed by atoms with Crippen molar-refractivity contribution in [3.05, 3.63) is 42.5 Å². The summed E-state index contributed by atoms with van der Waals surface area (Å²) in [5, 5.41) is 11.5. The van der Waals surface area contributed by atoms with E-state index in [1.807, 2.05) is 6.07 Å². The Balaban J connectivity index is 2.42. The van der Waals surface area contributed by atoms with Crippen molar-refractivity contribution in [2.24, 2.45) is 0 Å². The summed E-state index contributed by atoms with van der Waals surface area (Å²) in [5.74, 6) is 0.216. The van der Waals surface area contributed by atoms with Gasteiger partial charge in [0.25, 0.3) is 5.91 Å². The second kappa shape index (κ2) is 7.07. The van der Waals surface area contributed by atoms with Gasteiger partial charge in [-0.1, -0.05) is 18.2 Å². The van der Waals surface area contributed by atoms with Crippen molar-refractivity contribution in [2.75, 3.05) is 13.2 Å². The molecular weight excluding hydrogens is 216 g/mol. The number of nitriles is 1. The number of hydrogen-bond acceptors (Lipinski definition) is 3. The van der Waals surface area contributed by atoms with E-state index in [9.17, 15) is 4.79 Å². The highest BCUT2D eigenvalue weighted by molar-refractivity contribution is 5.77. The Morgan fingerprint density at radius 1 is 1.53 bits per heavy atom. The van der Waals surface area contributed by atoms with Crippen LogP contribution in [0.5, 0.6) is 5.75 Å². The number of nitrogens with zero attached hydrogens (tertiary/aromatic N) is 1. The Labute approximate surface area is 101 Å². The van der Waals surface area contributed by atoms with Crippen LogP contribution >= 0.6 is 0 Å². The molecule has 0 spiro atoms. The fourth-order valence-electron chi connectivity index (χ4n) is 1.19. The molecule has 0 heterocycles. The summed E-state index contributed by atoms with van der Waals surface area (Å²) >= 11 is 0. The maximum atomic E-state index is 11.3. The van der Waals surface area contributed by atoms with Crippen LogP contribution in [-0.4, -0.2) is 19.1 Å². The topological polar surface area (TPSA) is 62.1 Å². The van der Waals surface area contributed by atoms with Crippen molar-refractivity contribution in [3.8, 4) is 11.8 Å². The molecule has 4 heteroatoms. The first-order valence-electron chi connectivity index (χ1n) is 5.27. The molecule has 4 nitrogen and oxygen atoms in total. The van der Waals surface area contributed by atoms with Gasteiger partial charge in [-0.15, -0.1) is 6.58 Å². The van der Waals surface area contributed by atoms with Gasteiger partial charge in [0.2, 0.25) is 0 Å². The lowest BCUT2D eigenvalue weighted by atomic mass is 10.2. The molecule has 0 aliphatic carbocycles. The summed E-state index contributed by atoms with van der Waals surface area (Å²) in [6.45, 7) is 4.01. The van der Waals surface area contributed by atoms with Crippen LogP contribution in [0.3, 0.4) is 0 Å². The molecule has 1 rings (SSSR count). The maximum Gasteiger partial charge on any atom is 0.257 e. The zero-order valence-corrected chi connectivity index (χ0v) is 9.48. The zero-order valence-electron chi connectivity index (χ0n) is 9.48. The number of amides is 1. The van der Waals surface area contributed by atoms with Gasteiger partial charge >= 0.3 is 0 Å². The SMILES string of the molecule is C=CCCNC(=O)COc1ccccc1C#N. The van der Waals surface area contributed by atoms with E-state index in [1.54, 1.807) is 30.3 Å². The lowest BCUT2D eigenvalue weighted by Crippen LogP contribution is -2.29. The van der Waals surface area contributed by atoms with Crippen LogP contribution in [0.25, 0.3) is 0 Å². The molecule has 0 aromatic heterocycles. The summed E-state index contributed by atoms with van der Waals surface area (Å²) in [6, 6.07) is 8.81. The van der Waals surface area contributed by atoms with Gasteiger partial charge in [-0.3, -0.25) is 4.79 Å². The number of benzene rings is 1. The number of carbonyl (C=O) groups excluding carboxylic acids is 1. The minimum atomic E-state index is -0.209. The van der Waals surface area contributed by atoms with E-state index in [2.05, 4.69) is 11.9 Å². The minimum absolute atomic E-state index is 0.0875. The standard InChI is InChI=1S/C13H14N2O2/c1-2-3-8-15-13(16)10-17-12-7-5-4-6-11(12)9-14/h2,4-7H,1,3,8,10H2,(H,15,16). The molecule has 1 aromatic carbocycles. The van der Waals surface area contributed by atoms with Crippen LogP contribution in [0.2, 0.25) is 0 Å². The number of nitrogens with one attached hydrogen (secondary N) is 1. The normalized spacial score (nSPS) is 9.12. The Morgan fingerprint density at radius 3 is 3.00 bits per heavy atom. The molecule has 0 aliphatic heterocycles. The van der Waals surface area contributed by atoms with Gasteiger partial charge < -0.3 is 10.1 Å². The van der Waals surface area contributed by atoms with Crippen LogP contribution in [0.1, 0.15) is 12.0 Å². The molecule has 17 heavy (non-hydrogen) atoms.